The molecule has 0 spiro atoms. The lowest BCUT2D eigenvalue weighted by molar-refractivity contribution is 0.0559. The molecule has 0 N–H and O–H groups in total. The van der Waals surface area contributed by atoms with Gasteiger partial charge in [0.2, 0.25) is 0 Å². The van der Waals surface area contributed by atoms with Gasteiger partial charge in [-0.05, 0) is 36.1 Å². The van der Waals surface area contributed by atoms with Gasteiger partial charge in [0.25, 0.3) is 5.91 Å². The van der Waals surface area contributed by atoms with Crippen LogP contribution in [0.4, 0.5) is 0 Å². The first-order valence-electron chi connectivity index (χ1n) is 9.47. The Hall–Kier alpha value is -2.37. The third-order valence-corrected chi connectivity index (χ3v) is 6.61. The van der Waals surface area contributed by atoms with Crippen molar-refractivity contribution in [1.82, 2.24) is 14.4 Å². The first-order chi connectivity index (χ1) is 13.2. The second-order valence-electron chi connectivity index (χ2n) is 7.63. The maximum atomic E-state index is 13.1. The summed E-state index contributed by atoms with van der Waals surface area (Å²) in [7, 11) is 0. The third-order valence-electron chi connectivity index (χ3n) is 5.75. The van der Waals surface area contributed by atoms with Gasteiger partial charge in [0.1, 0.15) is 5.69 Å². The molecule has 4 heterocycles. The number of carbonyl (C=O) groups excluding carboxylic acids is 1. The SMILES string of the molecule is Cc1cccc(CN2C[C@H]3[C@H](C2)n2cccc2C(=O)N3Cc2cccs2)c1. The highest BCUT2D eigenvalue weighted by Gasteiger charge is 2.44. The number of likely N-dealkylation sites (tertiary alicyclic amines) is 1. The summed E-state index contributed by atoms with van der Waals surface area (Å²) in [5.74, 6) is 0.159. The standard InChI is InChI=1S/C22H23N3OS/c1-16-5-2-6-17(11-16)12-23-14-20-21(15-23)25(13-18-7-4-10-27-18)22(26)19-8-3-9-24(19)20/h2-11,20-21H,12-15H2,1H3/t20-,21-/m0/s1. The number of thiophene rings is 1. The molecule has 138 valence electrons. The highest BCUT2D eigenvalue weighted by molar-refractivity contribution is 7.09. The van der Waals surface area contributed by atoms with Crippen LogP contribution in [0.3, 0.4) is 0 Å². The minimum atomic E-state index is 0.159. The molecular weight excluding hydrogens is 354 g/mol. The zero-order valence-corrected chi connectivity index (χ0v) is 16.2. The summed E-state index contributed by atoms with van der Waals surface area (Å²) in [5.41, 5.74) is 3.47. The van der Waals surface area contributed by atoms with Crippen LogP contribution in [0.25, 0.3) is 0 Å². The lowest BCUT2D eigenvalue weighted by Crippen LogP contribution is -2.49. The van der Waals surface area contributed by atoms with Crippen molar-refractivity contribution in [2.24, 2.45) is 0 Å². The smallest absolute Gasteiger partial charge is 0.271 e. The Kier molecular flexibility index (Phi) is 4.14. The summed E-state index contributed by atoms with van der Waals surface area (Å²) >= 11 is 1.73. The van der Waals surface area contributed by atoms with E-state index in [1.54, 1.807) is 11.3 Å². The van der Waals surface area contributed by atoms with E-state index in [-0.39, 0.29) is 11.9 Å². The van der Waals surface area contributed by atoms with Crippen molar-refractivity contribution in [3.05, 3.63) is 81.8 Å². The normalized spacial score (nSPS) is 22.1. The van der Waals surface area contributed by atoms with Crippen molar-refractivity contribution in [1.29, 1.82) is 0 Å². The number of aryl methyl sites for hydroxylation is 1. The number of amides is 1. The van der Waals surface area contributed by atoms with Crippen molar-refractivity contribution in [2.75, 3.05) is 13.1 Å². The lowest BCUT2D eigenvalue weighted by atomic mass is 10.1. The van der Waals surface area contributed by atoms with E-state index in [9.17, 15) is 4.79 Å². The van der Waals surface area contributed by atoms with E-state index < -0.39 is 0 Å². The predicted octanol–water partition coefficient (Wildman–Crippen LogP) is 3.94. The predicted molar refractivity (Wildman–Crippen MR) is 108 cm³/mol. The molecule has 3 aromatic rings. The van der Waals surface area contributed by atoms with Gasteiger partial charge in [-0.1, -0.05) is 35.9 Å². The van der Waals surface area contributed by atoms with Gasteiger partial charge < -0.3 is 9.47 Å². The van der Waals surface area contributed by atoms with Crippen molar-refractivity contribution in [3.63, 3.8) is 0 Å². The van der Waals surface area contributed by atoms with E-state index in [1.165, 1.54) is 16.0 Å². The summed E-state index contributed by atoms with van der Waals surface area (Å²) in [6, 6.07) is 17.4. The van der Waals surface area contributed by atoms with Gasteiger partial charge in [-0.25, -0.2) is 0 Å². The van der Waals surface area contributed by atoms with E-state index in [0.717, 1.165) is 25.3 Å². The van der Waals surface area contributed by atoms with Crippen LogP contribution in [0.2, 0.25) is 0 Å². The first-order valence-corrected chi connectivity index (χ1v) is 10.3. The molecule has 1 saturated heterocycles. The Morgan fingerprint density at radius 3 is 2.74 bits per heavy atom. The van der Waals surface area contributed by atoms with Crippen LogP contribution in [-0.2, 0) is 13.1 Å². The van der Waals surface area contributed by atoms with Crippen molar-refractivity contribution < 1.29 is 4.79 Å². The molecule has 0 unspecified atom stereocenters. The Morgan fingerprint density at radius 2 is 1.93 bits per heavy atom. The highest BCUT2D eigenvalue weighted by Crippen LogP contribution is 2.35. The molecule has 0 aliphatic carbocycles. The fraction of sp³-hybridized carbons (Fsp3) is 0.318. The number of rotatable bonds is 4. The van der Waals surface area contributed by atoms with Crippen LogP contribution < -0.4 is 0 Å². The Bertz CT molecular complexity index is 962. The number of hydrogen-bond donors (Lipinski definition) is 0. The van der Waals surface area contributed by atoms with Crippen LogP contribution in [0.5, 0.6) is 0 Å². The van der Waals surface area contributed by atoms with Crippen LogP contribution in [0.15, 0.2) is 60.1 Å². The molecule has 1 fully saturated rings. The van der Waals surface area contributed by atoms with Gasteiger partial charge in [0.05, 0.1) is 18.6 Å². The molecule has 0 radical (unpaired) electrons. The number of benzene rings is 1. The van der Waals surface area contributed by atoms with Gasteiger partial charge in [0, 0.05) is 30.7 Å². The van der Waals surface area contributed by atoms with E-state index in [0.29, 0.717) is 12.6 Å². The minimum absolute atomic E-state index is 0.159. The fourth-order valence-corrected chi connectivity index (χ4v) is 5.25. The number of aromatic nitrogens is 1. The van der Waals surface area contributed by atoms with Crippen LogP contribution in [0.1, 0.15) is 32.5 Å². The van der Waals surface area contributed by atoms with E-state index in [1.807, 2.05) is 12.1 Å². The van der Waals surface area contributed by atoms with E-state index in [4.69, 9.17) is 0 Å². The summed E-state index contributed by atoms with van der Waals surface area (Å²) in [4.78, 5) is 19.0. The van der Waals surface area contributed by atoms with Gasteiger partial charge in [0.15, 0.2) is 0 Å². The maximum absolute atomic E-state index is 13.1. The second-order valence-corrected chi connectivity index (χ2v) is 8.66. The molecule has 1 aromatic carbocycles. The second kappa shape index (κ2) is 6.66. The molecule has 0 saturated carbocycles. The van der Waals surface area contributed by atoms with E-state index >= 15 is 0 Å². The highest BCUT2D eigenvalue weighted by atomic mass is 32.1. The van der Waals surface area contributed by atoms with Crippen molar-refractivity contribution in [3.8, 4) is 0 Å². The monoisotopic (exact) mass is 377 g/mol. The number of carbonyl (C=O) groups is 1. The topological polar surface area (TPSA) is 28.5 Å². The fourth-order valence-electron chi connectivity index (χ4n) is 4.55. The third kappa shape index (κ3) is 3.01. The number of nitrogens with zero attached hydrogens (tertiary/aromatic N) is 3. The molecule has 5 rings (SSSR count). The summed E-state index contributed by atoms with van der Waals surface area (Å²) in [6.45, 7) is 5.69. The molecule has 2 atom stereocenters. The Labute approximate surface area is 163 Å². The summed E-state index contributed by atoms with van der Waals surface area (Å²) in [5, 5.41) is 2.09. The van der Waals surface area contributed by atoms with Crippen molar-refractivity contribution in [2.45, 2.75) is 32.1 Å². The Balaban J connectivity index is 1.43. The molecule has 2 aliphatic heterocycles. The first kappa shape index (κ1) is 16.8. The molecule has 1 amide bonds. The van der Waals surface area contributed by atoms with Crippen LogP contribution >= 0.6 is 11.3 Å². The van der Waals surface area contributed by atoms with Gasteiger partial charge in [-0.3, -0.25) is 9.69 Å². The molecule has 27 heavy (non-hydrogen) atoms. The molecule has 2 aliphatic rings. The largest absolute Gasteiger partial charge is 0.337 e. The summed E-state index contributed by atoms with van der Waals surface area (Å²) in [6.07, 6.45) is 2.07. The zero-order chi connectivity index (χ0) is 18.4. The average Bonchev–Trinajstić information content (AvgIpc) is 3.38. The molecule has 4 nitrogen and oxygen atoms in total. The number of fused-ring (bicyclic) bond motifs is 3. The lowest BCUT2D eigenvalue weighted by Gasteiger charge is -2.38. The average molecular weight is 378 g/mol. The summed E-state index contributed by atoms with van der Waals surface area (Å²) < 4.78 is 2.20. The molecule has 5 heteroatoms. The number of hydrogen-bond acceptors (Lipinski definition) is 3. The van der Waals surface area contributed by atoms with Crippen LogP contribution in [0, 0.1) is 6.92 Å². The quantitative estimate of drug-likeness (QED) is 0.689. The van der Waals surface area contributed by atoms with Gasteiger partial charge >= 0.3 is 0 Å². The molecule has 2 aromatic heterocycles. The van der Waals surface area contributed by atoms with Gasteiger partial charge in [-0.15, -0.1) is 11.3 Å². The maximum Gasteiger partial charge on any atom is 0.271 e. The zero-order valence-electron chi connectivity index (χ0n) is 15.4. The van der Waals surface area contributed by atoms with Crippen LogP contribution in [-0.4, -0.2) is 39.4 Å². The molecular formula is C22H23N3OS. The van der Waals surface area contributed by atoms with Crippen molar-refractivity contribution >= 4 is 17.2 Å². The minimum Gasteiger partial charge on any atom is -0.337 e. The molecule has 0 bridgehead atoms. The van der Waals surface area contributed by atoms with Gasteiger partial charge in [-0.2, -0.15) is 0 Å². The van der Waals surface area contributed by atoms with E-state index in [2.05, 4.69) is 69.3 Å². The Morgan fingerprint density at radius 1 is 1.04 bits per heavy atom.